The number of hydrogen-bond acceptors (Lipinski definition) is 16. The quantitative estimate of drug-likeness (QED) is 0.136. The highest BCUT2D eigenvalue weighted by molar-refractivity contribution is 7.47. The van der Waals surface area contributed by atoms with Gasteiger partial charge in [0.05, 0.1) is 37.9 Å². The Morgan fingerprint density at radius 2 is 1.36 bits per heavy atom. The molecule has 0 amide bonds. The number of anilines is 1. The fourth-order valence-electron chi connectivity index (χ4n) is 5.28. The van der Waals surface area contributed by atoms with E-state index >= 15 is 0 Å². The number of phosphoric acid groups is 2. The number of aliphatic hydroxyl groups excluding tert-OH is 2. The Balaban J connectivity index is 1.22. The number of nitrogen functional groups attached to an aromatic ring is 1. The number of nitrogens with one attached hydrogen (secondary N) is 1. The first-order valence-corrected chi connectivity index (χ1v) is 15.9. The van der Waals surface area contributed by atoms with Crippen molar-refractivity contribution in [2.45, 2.75) is 49.1 Å². The zero-order valence-electron chi connectivity index (χ0n) is 22.0. The molecule has 3 aliphatic heterocycles. The predicted molar refractivity (Wildman–Crippen MR) is 141 cm³/mol. The third-order valence-electron chi connectivity index (χ3n) is 7.34. The number of aliphatic hydroxyl groups is 2. The van der Waals surface area contributed by atoms with E-state index in [2.05, 4.69) is 24.9 Å². The van der Waals surface area contributed by atoms with Gasteiger partial charge in [-0.15, -0.1) is 0 Å². The number of aromatic nitrogens is 7. The minimum absolute atomic E-state index is 0.0213. The van der Waals surface area contributed by atoms with Crippen LogP contribution in [0.3, 0.4) is 0 Å². The van der Waals surface area contributed by atoms with Crippen molar-refractivity contribution >= 4 is 43.7 Å². The molecule has 3 fully saturated rings. The van der Waals surface area contributed by atoms with Crippen molar-refractivity contribution in [2.24, 2.45) is 0 Å². The Morgan fingerprint density at radius 1 is 0.841 bits per heavy atom. The molecular formula is C21H24N8O13P2. The van der Waals surface area contributed by atoms with Crippen LogP contribution in [0.5, 0.6) is 0 Å². The molecule has 4 aromatic heterocycles. The van der Waals surface area contributed by atoms with Gasteiger partial charge in [-0.05, 0) is 6.07 Å². The van der Waals surface area contributed by atoms with E-state index in [1.54, 1.807) is 0 Å². The van der Waals surface area contributed by atoms with Crippen molar-refractivity contribution in [1.82, 2.24) is 34.1 Å². The summed E-state index contributed by atoms with van der Waals surface area (Å²) in [5, 5.41) is 22.1. The van der Waals surface area contributed by atoms with Crippen molar-refractivity contribution in [3.8, 4) is 0 Å². The van der Waals surface area contributed by atoms with E-state index in [0.29, 0.717) is 0 Å². The SMILES string of the molecule is Nc1ccnc2c1ncn2C1OC2COP(=O)(O)O[C@H]3C(n4cnc5c(=O)[nH]cnc54)OC(COP(=O)(O)O[C@@H]1[C@@H]2O)[C@H]3O. The molecule has 7 heterocycles. The van der Waals surface area contributed by atoms with Crippen LogP contribution in [0.25, 0.3) is 22.3 Å². The topological polar surface area (TPSA) is 291 Å². The molecule has 236 valence electrons. The lowest BCUT2D eigenvalue weighted by molar-refractivity contribution is -0.0675. The van der Waals surface area contributed by atoms with Crippen LogP contribution in [0.15, 0.2) is 36.0 Å². The Hall–Kier alpha value is -3.17. The molecule has 3 aliphatic rings. The highest BCUT2D eigenvalue weighted by Crippen LogP contribution is 2.53. The summed E-state index contributed by atoms with van der Waals surface area (Å²) >= 11 is 0. The van der Waals surface area contributed by atoms with Gasteiger partial charge < -0.3 is 40.2 Å². The van der Waals surface area contributed by atoms with E-state index in [9.17, 15) is 33.9 Å². The van der Waals surface area contributed by atoms with Gasteiger partial charge in [0.2, 0.25) is 0 Å². The van der Waals surface area contributed by atoms with Crippen LogP contribution < -0.4 is 11.3 Å². The van der Waals surface area contributed by atoms with E-state index in [1.165, 1.54) is 27.7 Å². The second-order valence-electron chi connectivity index (χ2n) is 10.1. The first kappa shape index (κ1) is 29.5. The van der Waals surface area contributed by atoms with Crippen molar-refractivity contribution < 1.29 is 56.7 Å². The summed E-state index contributed by atoms with van der Waals surface area (Å²) in [5.41, 5.74) is 5.97. The smallest absolute Gasteiger partial charge is 0.397 e. The summed E-state index contributed by atoms with van der Waals surface area (Å²) in [6.45, 7) is -1.58. The van der Waals surface area contributed by atoms with Crippen LogP contribution in [0.2, 0.25) is 0 Å². The Bertz CT molecular complexity index is 1880. The molecule has 10 atom stereocenters. The maximum absolute atomic E-state index is 13.1. The molecule has 21 nitrogen and oxygen atoms in total. The molecule has 4 bridgehead atoms. The summed E-state index contributed by atoms with van der Waals surface area (Å²) in [6.07, 6.45) is -7.56. The number of ether oxygens (including phenoxy) is 2. The average Bonchev–Trinajstić information content (AvgIpc) is 3.73. The van der Waals surface area contributed by atoms with Gasteiger partial charge in [0.25, 0.3) is 5.56 Å². The number of H-pyrrole nitrogens is 1. The van der Waals surface area contributed by atoms with Crippen LogP contribution in [0, 0.1) is 0 Å². The van der Waals surface area contributed by atoms with Gasteiger partial charge in [-0.3, -0.25) is 32.0 Å². The fraction of sp³-hybridized carbons (Fsp3) is 0.476. The van der Waals surface area contributed by atoms with Gasteiger partial charge in [-0.2, -0.15) is 0 Å². The molecule has 0 saturated carbocycles. The minimum Gasteiger partial charge on any atom is -0.397 e. The summed E-state index contributed by atoms with van der Waals surface area (Å²) in [5.74, 6) is 0. The summed E-state index contributed by atoms with van der Waals surface area (Å²) in [6, 6.07) is 1.50. The van der Waals surface area contributed by atoms with Gasteiger partial charge in [0, 0.05) is 6.20 Å². The number of imidazole rings is 2. The number of pyridine rings is 1. The zero-order chi connectivity index (χ0) is 31.0. The highest BCUT2D eigenvalue weighted by atomic mass is 31.2. The van der Waals surface area contributed by atoms with Crippen molar-refractivity contribution in [3.63, 3.8) is 0 Å². The van der Waals surface area contributed by atoms with Gasteiger partial charge in [-0.1, -0.05) is 0 Å². The molecule has 0 radical (unpaired) electrons. The van der Waals surface area contributed by atoms with Crippen LogP contribution in [0.1, 0.15) is 12.5 Å². The number of rotatable bonds is 2. The number of aromatic amines is 1. The van der Waals surface area contributed by atoms with Gasteiger partial charge in [0.1, 0.15) is 42.1 Å². The first-order chi connectivity index (χ1) is 20.9. The maximum Gasteiger partial charge on any atom is 0.472 e. The monoisotopic (exact) mass is 658 g/mol. The van der Waals surface area contributed by atoms with Crippen molar-refractivity contribution in [2.75, 3.05) is 18.9 Å². The first-order valence-electron chi connectivity index (χ1n) is 12.9. The number of nitrogens with two attached hydrogens (primary N) is 1. The fourth-order valence-corrected chi connectivity index (χ4v) is 7.14. The van der Waals surface area contributed by atoms with Gasteiger partial charge in [0.15, 0.2) is 29.3 Å². The van der Waals surface area contributed by atoms with E-state index in [-0.39, 0.29) is 28.0 Å². The van der Waals surface area contributed by atoms with Crippen molar-refractivity contribution in [3.05, 3.63) is 41.6 Å². The van der Waals surface area contributed by atoms with E-state index in [0.717, 1.165) is 12.7 Å². The number of phosphoric ester groups is 2. The average molecular weight is 658 g/mol. The number of nitrogens with zero attached hydrogens (tertiary/aromatic N) is 6. The van der Waals surface area contributed by atoms with Crippen LogP contribution in [0.4, 0.5) is 5.69 Å². The third-order valence-corrected chi connectivity index (χ3v) is 9.32. The lowest BCUT2D eigenvalue weighted by atomic mass is 10.1. The summed E-state index contributed by atoms with van der Waals surface area (Å²) in [7, 11) is -10.1. The second kappa shape index (κ2) is 10.7. The molecular weight excluding hydrogens is 634 g/mol. The lowest BCUT2D eigenvalue weighted by Crippen LogP contribution is -2.38. The molecule has 7 N–H and O–H groups in total. The standard InChI is InChI=1S/C21H24N8O13P2/c22-8-1-2-23-17-11(8)26-6-28(17)20-15-13(30)9(39-20)3-37-44(35,36)42-16-14(31)10(4-38-43(33,34)41-15)40-21(16)29-7-27-12-18(29)24-5-25-19(12)32/h1-2,5-7,9-10,13-16,20-21,30-31H,3-4H2,(H2,22,23)(H,33,34)(H,35,36)(H,24,25,32)/t9?,10?,13-,14-,15-,16-,20?,21?/m1/s1. The largest absolute Gasteiger partial charge is 0.472 e. The Kier molecular flexibility index (Phi) is 7.20. The third kappa shape index (κ3) is 5.06. The normalized spacial score (nSPS) is 38.3. The molecule has 44 heavy (non-hydrogen) atoms. The van der Waals surface area contributed by atoms with Crippen LogP contribution >= 0.6 is 15.6 Å². The van der Waals surface area contributed by atoms with Crippen molar-refractivity contribution in [1.29, 1.82) is 0 Å². The van der Waals surface area contributed by atoms with Gasteiger partial charge >= 0.3 is 15.6 Å². The predicted octanol–water partition coefficient (Wildman–Crippen LogP) is -1.32. The molecule has 0 aromatic carbocycles. The Labute approximate surface area is 244 Å². The molecule has 6 unspecified atom stereocenters. The summed E-state index contributed by atoms with van der Waals surface area (Å²) < 4.78 is 61.3. The maximum atomic E-state index is 13.1. The zero-order valence-corrected chi connectivity index (χ0v) is 23.8. The van der Waals surface area contributed by atoms with E-state index in [1.807, 2.05) is 0 Å². The molecule has 4 aromatic rings. The number of hydrogen-bond donors (Lipinski definition) is 6. The lowest BCUT2D eigenvalue weighted by Gasteiger charge is -2.26. The van der Waals surface area contributed by atoms with Crippen LogP contribution in [-0.2, 0) is 36.7 Å². The van der Waals surface area contributed by atoms with Gasteiger partial charge in [-0.25, -0.2) is 29.1 Å². The molecule has 0 spiro atoms. The van der Waals surface area contributed by atoms with Crippen LogP contribution in [-0.4, -0.2) is 104 Å². The molecule has 23 heteroatoms. The van der Waals surface area contributed by atoms with E-state index < -0.39 is 83.5 Å². The highest BCUT2D eigenvalue weighted by Gasteiger charge is 2.53. The Morgan fingerprint density at radius 3 is 1.93 bits per heavy atom. The number of fused-ring (bicyclic) bond motifs is 6. The second-order valence-corrected chi connectivity index (χ2v) is 12.9. The molecule has 3 saturated heterocycles. The minimum atomic E-state index is -5.05. The summed E-state index contributed by atoms with van der Waals surface area (Å²) in [4.78, 5) is 52.2. The molecule has 0 aliphatic carbocycles. The van der Waals surface area contributed by atoms with E-state index in [4.69, 9.17) is 33.3 Å². The molecule has 7 rings (SSSR count).